The Kier molecular flexibility index (Phi) is 9.02. The summed E-state index contributed by atoms with van der Waals surface area (Å²) < 4.78 is 49.4. The van der Waals surface area contributed by atoms with E-state index in [1.54, 1.807) is 12.1 Å². The number of methoxy groups -OCH3 is 1. The van der Waals surface area contributed by atoms with Gasteiger partial charge in [0.1, 0.15) is 17.5 Å². The van der Waals surface area contributed by atoms with Crippen molar-refractivity contribution in [2.24, 2.45) is 5.73 Å². The molecule has 3 atom stereocenters. The first-order valence-corrected chi connectivity index (χ1v) is 14.1. The Bertz CT molecular complexity index is 1570. The van der Waals surface area contributed by atoms with Crippen molar-refractivity contribution in [3.05, 3.63) is 95.2 Å². The van der Waals surface area contributed by atoms with Gasteiger partial charge in [0.25, 0.3) is 0 Å². The Morgan fingerprint density at radius 2 is 1.67 bits per heavy atom. The van der Waals surface area contributed by atoms with E-state index in [1.807, 2.05) is 36.4 Å². The topological polar surface area (TPSA) is 118 Å². The van der Waals surface area contributed by atoms with Gasteiger partial charge in [0.2, 0.25) is 5.91 Å². The minimum Gasteiger partial charge on any atom is -0.467 e. The number of nitrogens with one attached hydrogen (secondary N) is 3. The molecule has 3 unspecified atom stereocenters. The highest BCUT2D eigenvalue weighted by molar-refractivity contribution is 5.90. The number of hydrogen-bond acceptors (Lipinski definition) is 6. The summed E-state index contributed by atoms with van der Waals surface area (Å²) in [7, 11) is 1.29. The zero-order chi connectivity index (χ0) is 30.6. The van der Waals surface area contributed by atoms with Gasteiger partial charge in [0, 0.05) is 16.6 Å². The molecule has 0 radical (unpaired) electrons. The first-order valence-electron chi connectivity index (χ1n) is 14.1. The molecule has 0 saturated heterocycles. The lowest BCUT2D eigenvalue weighted by molar-refractivity contribution is -0.145. The van der Waals surface area contributed by atoms with Crippen molar-refractivity contribution in [3.8, 4) is 11.5 Å². The fourth-order valence-corrected chi connectivity index (χ4v) is 5.40. The normalized spacial score (nSPS) is 17.2. The molecule has 2 heterocycles. The maximum absolute atomic E-state index is 13.5. The molecule has 0 spiro atoms. The smallest absolute Gasteiger partial charge is 0.416 e. The summed E-state index contributed by atoms with van der Waals surface area (Å²) in [6.07, 6.45) is -2.19. The van der Waals surface area contributed by atoms with Crippen LogP contribution in [0.3, 0.4) is 0 Å². The van der Waals surface area contributed by atoms with Crippen LogP contribution in [0.4, 0.5) is 13.2 Å². The van der Waals surface area contributed by atoms with Gasteiger partial charge in [-0.2, -0.15) is 13.2 Å². The fraction of sp³-hybridized carbons (Fsp3) is 0.312. The van der Waals surface area contributed by atoms with Crippen LogP contribution in [0.2, 0.25) is 0 Å². The highest BCUT2D eigenvalue weighted by atomic mass is 19.4. The van der Waals surface area contributed by atoms with Crippen molar-refractivity contribution < 1.29 is 32.2 Å². The number of hydrogen-bond donors (Lipinski definition) is 4. The number of para-hydroxylation sites is 1. The number of carbonyl (C=O) groups excluding carboxylic acids is 2. The van der Waals surface area contributed by atoms with Gasteiger partial charge in [-0.1, -0.05) is 30.3 Å². The van der Waals surface area contributed by atoms with E-state index in [0.29, 0.717) is 31.6 Å². The molecular formula is C32H33F3N4O4. The maximum atomic E-state index is 13.5. The number of carbonyl (C=O) groups is 2. The highest BCUT2D eigenvalue weighted by Crippen LogP contribution is 2.36. The minimum absolute atomic E-state index is 0.276. The molecule has 3 aromatic carbocycles. The third kappa shape index (κ3) is 6.84. The van der Waals surface area contributed by atoms with E-state index in [2.05, 4.69) is 15.6 Å². The zero-order valence-electron chi connectivity index (χ0n) is 23.5. The van der Waals surface area contributed by atoms with Crippen LogP contribution in [0.5, 0.6) is 11.5 Å². The molecule has 226 valence electrons. The number of halogens is 3. The molecule has 0 saturated carbocycles. The Labute approximate surface area is 246 Å². The first kappa shape index (κ1) is 30.1. The van der Waals surface area contributed by atoms with Crippen molar-refractivity contribution >= 4 is 22.8 Å². The number of unbranched alkanes of at least 4 members (excludes halogenated alkanes) is 1. The number of rotatable bonds is 10. The Balaban J connectivity index is 1.38. The van der Waals surface area contributed by atoms with E-state index >= 15 is 0 Å². The van der Waals surface area contributed by atoms with E-state index in [0.717, 1.165) is 46.3 Å². The van der Waals surface area contributed by atoms with Crippen LogP contribution in [0, 0.1) is 0 Å². The second-order valence-corrected chi connectivity index (χ2v) is 10.5. The van der Waals surface area contributed by atoms with E-state index in [4.69, 9.17) is 15.2 Å². The number of aromatic nitrogens is 1. The number of esters is 1. The van der Waals surface area contributed by atoms with Crippen LogP contribution in [-0.4, -0.2) is 42.6 Å². The quantitative estimate of drug-likeness (QED) is 0.145. The number of fused-ring (bicyclic) bond motifs is 3. The summed E-state index contributed by atoms with van der Waals surface area (Å²) >= 11 is 0. The van der Waals surface area contributed by atoms with Crippen LogP contribution >= 0.6 is 0 Å². The van der Waals surface area contributed by atoms with Crippen molar-refractivity contribution in [2.45, 2.75) is 50.0 Å². The molecule has 11 heteroatoms. The van der Waals surface area contributed by atoms with Crippen LogP contribution in [0.25, 0.3) is 10.9 Å². The molecule has 5 rings (SSSR count). The number of amides is 1. The zero-order valence-corrected chi connectivity index (χ0v) is 23.5. The molecule has 0 fully saturated rings. The summed E-state index contributed by atoms with van der Waals surface area (Å²) in [6, 6.07) is 17.7. The standard InChI is InChI=1S/C32H33F3N4O4/c1-42-31(41)26(8-4-5-17-36)39-30(40)27-18-24-23-6-2-3-7-25(23)37-29(24)28(38-27)19-9-13-21(14-10-19)43-22-15-11-20(12-16-22)32(33,34)35/h2-3,6-7,9-16,26-28,37-38H,4-5,8,17-18,36H2,1H3,(H,39,40). The summed E-state index contributed by atoms with van der Waals surface area (Å²) in [6.45, 7) is 0.491. The van der Waals surface area contributed by atoms with Crippen LogP contribution in [0.1, 0.15) is 47.7 Å². The molecule has 5 N–H and O–H groups in total. The average Bonchev–Trinajstić information content (AvgIpc) is 3.39. The predicted molar refractivity (Wildman–Crippen MR) is 156 cm³/mol. The van der Waals surface area contributed by atoms with Gasteiger partial charge >= 0.3 is 12.1 Å². The van der Waals surface area contributed by atoms with Crippen molar-refractivity contribution in [3.63, 3.8) is 0 Å². The molecular weight excluding hydrogens is 561 g/mol. The van der Waals surface area contributed by atoms with Crippen LogP contribution in [0.15, 0.2) is 72.8 Å². The lowest BCUT2D eigenvalue weighted by atomic mass is 9.90. The molecule has 43 heavy (non-hydrogen) atoms. The predicted octanol–water partition coefficient (Wildman–Crippen LogP) is 5.37. The van der Waals surface area contributed by atoms with Crippen molar-refractivity contribution in [2.75, 3.05) is 13.7 Å². The largest absolute Gasteiger partial charge is 0.467 e. The number of aromatic amines is 1. The molecule has 1 aliphatic heterocycles. The van der Waals surface area contributed by atoms with Gasteiger partial charge in [0.05, 0.1) is 24.8 Å². The van der Waals surface area contributed by atoms with E-state index in [-0.39, 0.29) is 17.7 Å². The van der Waals surface area contributed by atoms with Gasteiger partial charge < -0.3 is 25.5 Å². The van der Waals surface area contributed by atoms with Crippen molar-refractivity contribution in [1.82, 2.24) is 15.6 Å². The van der Waals surface area contributed by atoms with Gasteiger partial charge in [-0.05, 0) is 85.8 Å². The molecule has 1 aliphatic rings. The second kappa shape index (κ2) is 12.9. The highest BCUT2D eigenvalue weighted by Gasteiger charge is 2.35. The molecule has 0 aliphatic carbocycles. The van der Waals surface area contributed by atoms with Gasteiger partial charge in [0.15, 0.2) is 0 Å². The minimum atomic E-state index is -4.42. The number of H-pyrrole nitrogens is 1. The molecule has 8 nitrogen and oxygen atoms in total. The first-order chi connectivity index (χ1) is 20.7. The van der Waals surface area contributed by atoms with E-state index in [1.165, 1.54) is 19.2 Å². The lowest BCUT2D eigenvalue weighted by Gasteiger charge is -2.32. The van der Waals surface area contributed by atoms with Crippen LogP contribution < -0.4 is 21.1 Å². The summed E-state index contributed by atoms with van der Waals surface area (Å²) in [5.74, 6) is -0.0952. The van der Waals surface area contributed by atoms with Gasteiger partial charge in [-0.3, -0.25) is 10.1 Å². The average molecular weight is 595 g/mol. The SMILES string of the molecule is COC(=O)C(CCCCN)NC(=O)C1Cc2c([nH]c3ccccc23)C(c2ccc(Oc3ccc(C(F)(F)F)cc3)cc2)N1. The Morgan fingerprint density at radius 3 is 2.33 bits per heavy atom. The molecule has 0 bridgehead atoms. The second-order valence-electron chi connectivity index (χ2n) is 10.5. The lowest BCUT2D eigenvalue weighted by Crippen LogP contribution is -2.53. The number of alkyl halides is 3. The van der Waals surface area contributed by atoms with Gasteiger partial charge in [-0.15, -0.1) is 0 Å². The summed E-state index contributed by atoms with van der Waals surface area (Å²) in [5, 5.41) is 7.33. The van der Waals surface area contributed by atoms with Crippen molar-refractivity contribution in [1.29, 1.82) is 0 Å². The number of nitrogens with two attached hydrogens (primary N) is 1. The van der Waals surface area contributed by atoms with E-state index in [9.17, 15) is 22.8 Å². The molecule has 1 amide bonds. The Hall–Kier alpha value is -4.35. The fourth-order valence-electron chi connectivity index (χ4n) is 5.40. The molecule has 4 aromatic rings. The van der Waals surface area contributed by atoms with Gasteiger partial charge in [-0.25, -0.2) is 4.79 Å². The third-order valence-electron chi connectivity index (χ3n) is 7.61. The van der Waals surface area contributed by atoms with E-state index < -0.39 is 29.8 Å². The summed E-state index contributed by atoms with van der Waals surface area (Å²) in [4.78, 5) is 29.4. The number of benzene rings is 3. The summed E-state index contributed by atoms with van der Waals surface area (Å²) in [5.41, 5.74) is 8.56. The maximum Gasteiger partial charge on any atom is 0.416 e. The number of ether oxygens (including phenoxy) is 2. The molecule has 1 aromatic heterocycles. The monoisotopic (exact) mass is 594 g/mol. The Morgan fingerprint density at radius 1 is 1.00 bits per heavy atom. The third-order valence-corrected chi connectivity index (χ3v) is 7.61. The van der Waals surface area contributed by atoms with Crippen LogP contribution in [-0.2, 0) is 26.9 Å².